The third-order valence-electron chi connectivity index (χ3n) is 14.2. The Bertz CT molecular complexity index is 1350. The van der Waals surface area contributed by atoms with Crippen LogP contribution in [-0.2, 0) is 23.8 Å². The summed E-state index contributed by atoms with van der Waals surface area (Å²) < 4.78 is 16.7. The zero-order valence-corrected chi connectivity index (χ0v) is 46.8. The largest absolute Gasteiger partial charge is 0.466 e. The molecule has 0 saturated carbocycles. The summed E-state index contributed by atoms with van der Waals surface area (Å²) in [5.41, 5.74) is 0. The molecule has 0 aromatic carbocycles. The highest BCUT2D eigenvalue weighted by Gasteiger charge is 2.44. The second-order valence-corrected chi connectivity index (χ2v) is 21.1. The maximum atomic E-state index is 13.0. The molecule has 1 aliphatic rings. The van der Waals surface area contributed by atoms with Crippen molar-refractivity contribution >= 4 is 11.9 Å². The monoisotopic (exact) mass is 1030 g/mol. The Morgan fingerprint density at radius 1 is 0.507 bits per heavy atom. The number of rotatable bonds is 52. The first-order chi connectivity index (χ1) is 35.7. The molecular weight excluding hydrogens is 919 g/mol. The number of hydrogen-bond donors (Lipinski definition) is 6. The van der Waals surface area contributed by atoms with Crippen molar-refractivity contribution in [2.24, 2.45) is 0 Å². The van der Waals surface area contributed by atoms with Gasteiger partial charge in [0.15, 0.2) is 6.29 Å². The number of aliphatic hydroxyl groups is 5. The van der Waals surface area contributed by atoms with Crippen LogP contribution in [0.4, 0.5) is 0 Å². The predicted molar refractivity (Wildman–Crippen MR) is 301 cm³/mol. The highest BCUT2D eigenvalue weighted by molar-refractivity contribution is 5.76. The van der Waals surface area contributed by atoms with Gasteiger partial charge in [-0.15, -0.1) is 0 Å². The van der Waals surface area contributed by atoms with E-state index in [1.807, 2.05) is 6.08 Å². The number of carbonyl (C=O) groups is 2. The van der Waals surface area contributed by atoms with Gasteiger partial charge in [-0.2, -0.15) is 0 Å². The van der Waals surface area contributed by atoms with Crippen molar-refractivity contribution in [1.82, 2.24) is 5.32 Å². The molecule has 11 nitrogen and oxygen atoms in total. The molecule has 11 heteroatoms. The minimum absolute atomic E-state index is 0.0294. The lowest BCUT2D eigenvalue weighted by Gasteiger charge is -2.40. The van der Waals surface area contributed by atoms with Crippen LogP contribution < -0.4 is 5.32 Å². The minimum atomic E-state index is -1.58. The average Bonchev–Trinajstić information content (AvgIpc) is 3.39. The van der Waals surface area contributed by atoms with E-state index in [2.05, 4.69) is 55.6 Å². The molecule has 0 bridgehead atoms. The molecule has 1 saturated heterocycles. The second-order valence-electron chi connectivity index (χ2n) is 21.1. The third-order valence-corrected chi connectivity index (χ3v) is 14.2. The Morgan fingerprint density at radius 2 is 0.932 bits per heavy atom. The van der Waals surface area contributed by atoms with Crippen LogP contribution in [0.3, 0.4) is 0 Å². The zero-order chi connectivity index (χ0) is 53.1. The SMILES string of the molecule is CCCCCCCCCCC/C=C/CC/C=C/C(O)C(COC1OC(CO)C(O)C(O)C1O)NC(=O)CCCCCCCCCCCC/C=C\C=C/CCCCCOC(=O)CCCCCCCCCCCCC. The van der Waals surface area contributed by atoms with Crippen molar-refractivity contribution < 1.29 is 49.3 Å². The van der Waals surface area contributed by atoms with Crippen LogP contribution in [0.1, 0.15) is 271 Å². The molecule has 0 aromatic heterocycles. The molecule has 1 fully saturated rings. The molecule has 0 radical (unpaired) electrons. The molecule has 1 aliphatic heterocycles. The number of hydrogen-bond acceptors (Lipinski definition) is 10. The number of aliphatic hydroxyl groups excluding tert-OH is 5. The molecule has 426 valence electrons. The van der Waals surface area contributed by atoms with Gasteiger partial charge in [0, 0.05) is 12.8 Å². The van der Waals surface area contributed by atoms with Crippen molar-refractivity contribution in [3.8, 4) is 0 Å². The Kier molecular flexibility index (Phi) is 48.6. The predicted octanol–water partition coefficient (Wildman–Crippen LogP) is 14.1. The molecule has 1 rings (SSSR count). The number of unbranched alkanes of at least 4 members (excludes halogenated alkanes) is 33. The van der Waals surface area contributed by atoms with E-state index in [4.69, 9.17) is 14.2 Å². The van der Waals surface area contributed by atoms with Crippen molar-refractivity contribution in [3.63, 3.8) is 0 Å². The number of nitrogens with one attached hydrogen (secondary N) is 1. The van der Waals surface area contributed by atoms with Crippen LogP contribution in [0.2, 0.25) is 0 Å². The van der Waals surface area contributed by atoms with E-state index in [1.54, 1.807) is 6.08 Å². The van der Waals surface area contributed by atoms with E-state index >= 15 is 0 Å². The third kappa shape index (κ3) is 41.5. The summed E-state index contributed by atoms with van der Waals surface area (Å²) >= 11 is 0. The molecule has 7 unspecified atom stereocenters. The Labute approximate surface area is 446 Å². The topological polar surface area (TPSA) is 175 Å². The molecular formula is C62H113NO10. The maximum Gasteiger partial charge on any atom is 0.305 e. The summed E-state index contributed by atoms with van der Waals surface area (Å²) in [4.78, 5) is 25.1. The zero-order valence-electron chi connectivity index (χ0n) is 46.8. The normalized spacial score (nSPS) is 19.2. The molecule has 0 aliphatic carbocycles. The Balaban J connectivity index is 2.15. The second kappa shape index (κ2) is 51.7. The number of ether oxygens (including phenoxy) is 3. The van der Waals surface area contributed by atoms with Gasteiger partial charge in [-0.25, -0.2) is 0 Å². The number of amides is 1. The molecule has 73 heavy (non-hydrogen) atoms. The van der Waals surface area contributed by atoms with E-state index in [0.29, 0.717) is 19.4 Å². The summed E-state index contributed by atoms with van der Waals surface area (Å²) in [5, 5.41) is 54.4. The van der Waals surface area contributed by atoms with E-state index in [0.717, 1.165) is 89.9 Å². The van der Waals surface area contributed by atoms with Gasteiger partial charge in [0.1, 0.15) is 24.4 Å². The fourth-order valence-corrected chi connectivity index (χ4v) is 9.32. The van der Waals surface area contributed by atoms with Crippen molar-refractivity contribution in [2.75, 3.05) is 19.8 Å². The van der Waals surface area contributed by atoms with Crippen LogP contribution in [0.5, 0.6) is 0 Å². The van der Waals surface area contributed by atoms with Crippen LogP contribution in [-0.4, -0.2) is 100 Å². The lowest BCUT2D eigenvalue weighted by molar-refractivity contribution is -0.302. The summed E-state index contributed by atoms with van der Waals surface area (Å²) in [6, 6.07) is -0.836. The molecule has 0 aromatic rings. The maximum absolute atomic E-state index is 13.0. The fourth-order valence-electron chi connectivity index (χ4n) is 9.32. The van der Waals surface area contributed by atoms with E-state index in [-0.39, 0.29) is 18.5 Å². The van der Waals surface area contributed by atoms with Crippen LogP contribution in [0.25, 0.3) is 0 Å². The van der Waals surface area contributed by atoms with Gasteiger partial charge in [-0.3, -0.25) is 9.59 Å². The van der Waals surface area contributed by atoms with Crippen molar-refractivity contribution in [3.05, 3.63) is 48.6 Å². The molecule has 6 N–H and O–H groups in total. The van der Waals surface area contributed by atoms with Crippen LogP contribution in [0.15, 0.2) is 48.6 Å². The molecule has 7 atom stereocenters. The summed E-state index contributed by atoms with van der Waals surface area (Å²) in [6.45, 7) is 4.28. The first-order valence-electron chi connectivity index (χ1n) is 30.4. The summed E-state index contributed by atoms with van der Waals surface area (Å²) in [5.74, 6) is -0.231. The van der Waals surface area contributed by atoms with E-state index in [1.165, 1.54) is 154 Å². The van der Waals surface area contributed by atoms with Crippen molar-refractivity contribution in [2.45, 2.75) is 314 Å². The number of esters is 1. The highest BCUT2D eigenvalue weighted by atomic mass is 16.7. The lowest BCUT2D eigenvalue weighted by atomic mass is 9.99. The summed E-state index contributed by atoms with van der Waals surface area (Å²) in [7, 11) is 0. The van der Waals surface area contributed by atoms with Gasteiger partial charge in [0.2, 0.25) is 5.91 Å². The van der Waals surface area contributed by atoms with Gasteiger partial charge in [0.05, 0.1) is 32.0 Å². The van der Waals surface area contributed by atoms with Crippen LogP contribution >= 0.6 is 0 Å². The van der Waals surface area contributed by atoms with Crippen molar-refractivity contribution in [1.29, 1.82) is 0 Å². The number of allylic oxidation sites excluding steroid dienone is 7. The van der Waals surface area contributed by atoms with Gasteiger partial charge >= 0.3 is 5.97 Å². The average molecular weight is 1030 g/mol. The van der Waals surface area contributed by atoms with Gasteiger partial charge in [0.25, 0.3) is 0 Å². The van der Waals surface area contributed by atoms with E-state index < -0.39 is 49.5 Å². The fraction of sp³-hybridized carbons (Fsp3) is 0.839. The quantitative estimate of drug-likeness (QED) is 0.0149. The first-order valence-corrected chi connectivity index (χ1v) is 30.4. The molecule has 0 spiro atoms. The lowest BCUT2D eigenvalue weighted by Crippen LogP contribution is -2.60. The standard InChI is InChI=1S/C62H113NO10/c1-3-5-7-9-11-13-15-16-22-25-29-32-36-40-44-48-55(65)54(53-72-62-61(70)60(69)59(68)56(52-64)73-62)63-57(66)49-45-41-37-33-30-26-23-20-18-17-19-21-24-27-31-35-39-43-47-51-71-58(67)50-46-42-38-34-28-14-12-10-8-6-4-2/h21,24,27,29,31-32,44,48,54-56,59-62,64-65,68-70H,3-20,22-23,25-26,28,30,33-43,45-47,49-53H2,1-2H3,(H,63,66)/b24-21-,31-27-,32-29+,48-44+. The van der Waals surface area contributed by atoms with Gasteiger partial charge in [-0.1, -0.05) is 229 Å². The first kappa shape index (κ1) is 68.6. The smallest absolute Gasteiger partial charge is 0.305 e. The molecule has 1 heterocycles. The Hall–Kier alpha value is -2.38. The van der Waals surface area contributed by atoms with Crippen LogP contribution in [0, 0.1) is 0 Å². The van der Waals surface area contributed by atoms with Gasteiger partial charge < -0.3 is 45.1 Å². The summed E-state index contributed by atoms with van der Waals surface area (Å²) in [6.07, 6.45) is 54.8. The minimum Gasteiger partial charge on any atom is -0.466 e. The highest BCUT2D eigenvalue weighted by Crippen LogP contribution is 2.23. The number of carbonyl (C=O) groups excluding carboxylic acids is 2. The van der Waals surface area contributed by atoms with E-state index in [9.17, 15) is 35.1 Å². The van der Waals surface area contributed by atoms with Gasteiger partial charge in [-0.05, 0) is 77.0 Å². The Morgan fingerprint density at radius 3 is 1.44 bits per heavy atom. The molecule has 1 amide bonds.